The van der Waals surface area contributed by atoms with Gasteiger partial charge < -0.3 is 5.73 Å². The first kappa shape index (κ1) is 10.5. The number of nitrogens with zero attached hydrogens (tertiary/aromatic N) is 1. The third-order valence-electron chi connectivity index (χ3n) is 2.18. The number of aryl methyl sites for hydroxylation is 1. The molecule has 0 atom stereocenters. The van der Waals surface area contributed by atoms with Gasteiger partial charge in [0.2, 0.25) is 0 Å². The first-order chi connectivity index (χ1) is 7.22. The van der Waals surface area contributed by atoms with Crippen molar-refractivity contribution in [2.45, 2.75) is 11.8 Å². The molecule has 2 aromatic rings. The Labute approximate surface area is 97.5 Å². The van der Waals surface area contributed by atoms with Gasteiger partial charge in [-0.2, -0.15) is 0 Å². The lowest BCUT2D eigenvalue weighted by Crippen LogP contribution is -1.86. The van der Waals surface area contributed by atoms with E-state index in [0.29, 0.717) is 5.13 Å². The average molecular weight is 236 g/mol. The lowest BCUT2D eigenvalue weighted by molar-refractivity contribution is 1.33. The van der Waals surface area contributed by atoms with Crippen LogP contribution in [-0.4, -0.2) is 11.2 Å². The van der Waals surface area contributed by atoms with E-state index < -0.39 is 0 Å². The highest BCUT2D eigenvalue weighted by atomic mass is 32.2. The van der Waals surface area contributed by atoms with Gasteiger partial charge in [-0.05, 0) is 19.2 Å². The van der Waals surface area contributed by atoms with Crippen molar-refractivity contribution in [3.8, 4) is 11.3 Å². The number of hydrogen-bond donors (Lipinski definition) is 1. The highest BCUT2D eigenvalue weighted by molar-refractivity contribution is 7.98. The van der Waals surface area contributed by atoms with E-state index in [0.717, 1.165) is 5.69 Å². The van der Waals surface area contributed by atoms with E-state index >= 15 is 0 Å². The Bertz CT molecular complexity index is 477. The summed E-state index contributed by atoms with van der Waals surface area (Å²) in [5.41, 5.74) is 7.90. The van der Waals surface area contributed by atoms with Crippen LogP contribution in [0.15, 0.2) is 29.2 Å². The molecule has 0 aliphatic rings. The highest BCUT2D eigenvalue weighted by Crippen LogP contribution is 2.34. The quantitative estimate of drug-likeness (QED) is 0.812. The van der Waals surface area contributed by atoms with E-state index in [9.17, 15) is 0 Å². The third kappa shape index (κ3) is 2.01. The van der Waals surface area contributed by atoms with Crippen LogP contribution < -0.4 is 5.73 Å². The summed E-state index contributed by atoms with van der Waals surface area (Å²) in [4.78, 5) is 6.79. The minimum Gasteiger partial charge on any atom is -0.375 e. The van der Waals surface area contributed by atoms with Crippen LogP contribution in [0.5, 0.6) is 0 Å². The van der Waals surface area contributed by atoms with Crippen molar-refractivity contribution in [1.29, 1.82) is 0 Å². The molecule has 1 aromatic heterocycles. The summed E-state index contributed by atoms with van der Waals surface area (Å²) < 4.78 is 0. The maximum Gasteiger partial charge on any atom is 0.180 e. The summed E-state index contributed by atoms with van der Waals surface area (Å²) in [7, 11) is 0. The topological polar surface area (TPSA) is 38.9 Å². The summed E-state index contributed by atoms with van der Waals surface area (Å²) in [6.45, 7) is 2.06. The van der Waals surface area contributed by atoms with E-state index in [2.05, 4.69) is 30.3 Å². The van der Waals surface area contributed by atoms with Crippen molar-refractivity contribution in [1.82, 2.24) is 4.98 Å². The van der Waals surface area contributed by atoms with Gasteiger partial charge in [-0.25, -0.2) is 4.98 Å². The molecule has 0 aliphatic heterocycles. The average Bonchev–Trinajstić information content (AvgIpc) is 2.57. The molecule has 0 unspecified atom stereocenters. The minimum atomic E-state index is 0.637. The molecular formula is C11H12N2S2. The SMILES string of the molecule is CSc1ccccc1-c1nc(N)sc1C. The Hall–Kier alpha value is -1.00. The molecule has 78 valence electrons. The van der Waals surface area contributed by atoms with Gasteiger partial charge in [0.25, 0.3) is 0 Å². The molecule has 15 heavy (non-hydrogen) atoms. The summed E-state index contributed by atoms with van der Waals surface area (Å²) in [5, 5.41) is 0.637. The number of hydrogen-bond acceptors (Lipinski definition) is 4. The second kappa shape index (κ2) is 4.24. The van der Waals surface area contributed by atoms with E-state index in [4.69, 9.17) is 5.73 Å². The Kier molecular flexibility index (Phi) is 2.98. The molecule has 1 aromatic carbocycles. The maximum absolute atomic E-state index is 5.71. The van der Waals surface area contributed by atoms with Crippen molar-refractivity contribution in [3.63, 3.8) is 0 Å². The summed E-state index contributed by atoms with van der Waals surface area (Å²) in [5.74, 6) is 0. The van der Waals surface area contributed by atoms with Crippen molar-refractivity contribution in [2.75, 3.05) is 12.0 Å². The number of nitrogens with two attached hydrogens (primary N) is 1. The third-order valence-corrected chi connectivity index (χ3v) is 3.77. The van der Waals surface area contributed by atoms with Crippen molar-refractivity contribution < 1.29 is 0 Å². The summed E-state index contributed by atoms with van der Waals surface area (Å²) >= 11 is 3.27. The minimum absolute atomic E-state index is 0.637. The van der Waals surface area contributed by atoms with E-state index in [1.165, 1.54) is 15.3 Å². The van der Waals surface area contributed by atoms with Gasteiger partial charge >= 0.3 is 0 Å². The smallest absolute Gasteiger partial charge is 0.180 e. The predicted molar refractivity (Wildman–Crippen MR) is 68.5 cm³/mol. The molecule has 0 amide bonds. The van der Waals surface area contributed by atoms with Crippen LogP contribution in [-0.2, 0) is 0 Å². The zero-order chi connectivity index (χ0) is 10.8. The molecule has 0 fully saturated rings. The molecule has 1 heterocycles. The summed E-state index contributed by atoms with van der Waals surface area (Å²) in [6, 6.07) is 8.27. The number of thioether (sulfide) groups is 1. The standard InChI is InChI=1S/C11H12N2S2/c1-7-10(13-11(12)15-7)8-5-3-4-6-9(8)14-2/h3-6H,1-2H3,(H2,12,13). The number of rotatable bonds is 2. The Balaban J connectivity index is 2.58. The Morgan fingerprint density at radius 1 is 1.33 bits per heavy atom. The van der Waals surface area contributed by atoms with Crippen molar-refractivity contribution >= 4 is 28.2 Å². The zero-order valence-corrected chi connectivity index (χ0v) is 10.3. The second-order valence-electron chi connectivity index (χ2n) is 3.16. The van der Waals surface area contributed by atoms with Gasteiger partial charge in [-0.1, -0.05) is 18.2 Å². The normalized spacial score (nSPS) is 10.5. The lowest BCUT2D eigenvalue weighted by Gasteiger charge is -2.04. The van der Waals surface area contributed by atoms with Gasteiger partial charge in [0.05, 0.1) is 5.69 Å². The first-order valence-electron chi connectivity index (χ1n) is 4.58. The second-order valence-corrected chi connectivity index (χ2v) is 5.24. The van der Waals surface area contributed by atoms with Gasteiger partial charge in [0, 0.05) is 15.3 Å². The van der Waals surface area contributed by atoms with Gasteiger partial charge in [-0.15, -0.1) is 23.1 Å². The number of aromatic nitrogens is 1. The van der Waals surface area contributed by atoms with E-state index in [1.807, 2.05) is 12.1 Å². The zero-order valence-electron chi connectivity index (χ0n) is 8.65. The van der Waals surface area contributed by atoms with E-state index in [1.54, 1.807) is 23.1 Å². The van der Waals surface area contributed by atoms with Crippen LogP contribution in [0.3, 0.4) is 0 Å². The van der Waals surface area contributed by atoms with Crippen LogP contribution in [0, 0.1) is 6.92 Å². The van der Waals surface area contributed by atoms with Gasteiger partial charge in [-0.3, -0.25) is 0 Å². The largest absolute Gasteiger partial charge is 0.375 e. The maximum atomic E-state index is 5.71. The lowest BCUT2D eigenvalue weighted by atomic mass is 10.1. The fourth-order valence-corrected chi connectivity index (χ4v) is 2.81. The molecule has 0 spiro atoms. The molecule has 0 saturated heterocycles. The molecular weight excluding hydrogens is 224 g/mol. The molecule has 0 radical (unpaired) electrons. The molecule has 2 rings (SSSR count). The molecule has 0 bridgehead atoms. The van der Waals surface area contributed by atoms with Crippen LogP contribution in [0.25, 0.3) is 11.3 Å². The van der Waals surface area contributed by atoms with Crippen molar-refractivity contribution in [2.24, 2.45) is 0 Å². The monoisotopic (exact) mass is 236 g/mol. The predicted octanol–water partition coefficient (Wildman–Crippen LogP) is 3.42. The number of thiazole rings is 1. The molecule has 0 saturated carbocycles. The summed E-state index contributed by atoms with van der Waals surface area (Å²) in [6.07, 6.45) is 2.07. The molecule has 2 nitrogen and oxygen atoms in total. The Morgan fingerprint density at radius 2 is 2.07 bits per heavy atom. The van der Waals surface area contributed by atoms with Crippen LogP contribution in [0.1, 0.15) is 4.88 Å². The Morgan fingerprint density at radius 3 is 2.67 bits per heavy atom. The fourth-order valence-electron chi connectivity index (χ4n) is 1.51. The molecule has 0 aliphatic carbocycles. The number of benzene rings is 1. The van der Waals surface area contributed by atoms with Gasteiger partial charge in [0.1, 0.15) is 0 Å². The van der Waals surface area contributed by atoms with Crippen molar-refractivity contribution in [3.05, 3.63) is 29.1 Å². The number of nitrogen functional groups attached to an aromatic ring is 1. The number of anilines is 1. The van der Waals surface area contributed by atoms with Crippen LogP contribution in [0.4, 0.5) is 5.13 Å². The highest BCUT2D eigenvalue weighted by Gasteiger charge is 2.10. The molecule has 2 N–H and O–H groups in total. The van der Waals surface area contributed by atoms with Crippen LogP contribution in [0.2, 0.25) is 0 Å². The molecule has 4 heteroatoms. The van der Waals surface area contributed by atoms with E-state index in [-0.39, 0.29) is 0 Å². The fraction of sp³-hybridized carbons (Fsp3) is 0.182. The first-order valence-corrected chi connectivity index (χ1v) is 6.63. The van der Waals surface area contributed by atoms with Crippen LogP contribution >= 0.6 is 23.1 Å². The van der Waals surface area contributed by atoms with Gasteiger partial charge in [0.15, 0.2) is 5.13 Å².